The van der Waals surface area contributed by atoms with Gasteiger partial charge in [0.25, 0.3) is 5.91 Å². The minimum atomic E-state index is -1.16. The topological polar surface area (TPSA) is 82.5 Å². The molecule has 1 rings (SSSR count). The second kappa shape index (κ2) is 6.47. The van der Waals surface area contributed by atoms with Crippen LogP contribution in [0, 0.1) is 5.41 Å². The van der Waals surface area contributed by atoms with Crippen LogP contribution in [0.5, 0.6) is 0 Å². The number of hydrogen-bond donors (Lipinski definition) is 2. The van der Waals surface area contributed by atoms with Crippen LogP contribution < -0.4 is 5.32 Å². The van der Waals surface area contributed by atoms with Crippen LogP contribution in [0.2, 0.25) is 0 Å². The van der Waals surface area contributed by atoms with Crippen LogP contribution >= 0.6 is 0 Å². The van der Waals surface area contributed by atoms with Crippen molar-refractivity contribution in [2.75, 3.05) is 27.2 Å². The van der Waals surface area contributed by atoms with E-state index >= 15 is 0 Å². The van der Waals surface area contributed by atoms with Crippen LogP contribution in [-0.2, 0) is 0 Å². The van der Waals surface area contributed by atoms with E-state index in [1.165, 1.54) is 18.3 Å². The molecule has 0 fully saturated rings. The van der Waals surface area contributed by atoms with Crippen LogP contribution in [0.3, 0.4) is 0 Å². The van der Waals surface area contributed by atoms with E-state index in [2.05, 4.69) is 10.3 Å². The number of hydrogen-bond acceptors (Lipinski definition) is 4. The second-order valence-corrected chi connectivity index (χ2v) is 5.79. The fraction of sp³-hybridized carbons (Fsp3) is 0.500. The molecule has 0 bridgehead atoms. The zero-order valence-electron chi connectivity index (χ0n) is 12.3. The van der Waals surface area contributed by atoms with Crippen molar-refractivity contribution in [3.63, 3.8) is 0 Å². The predicted molar refractivity (Wildman–Crippen MR) is 75.9 cm³/mol. The molecule has 0 aromatic carbocycles. The molecule has 0 aliphatic rings. The lowest BCUT2D eigenvalue weighted by Crippen LogP contribution is -2.40. The van der Waals surface area contributed by atoms with E-state index in [-0.39, 0.29) is 16.7 Å². The molecular weight excluding hydrogens is 258 g/mol. The fourth-order valence-corrected chi connectivity index (χ4v) is 2.07. The zero-order valence-corrected chi connectivity index (χ0v) is 12.3. The summed E-state index contributed by atoms with van der Waals surface area (Å²) in [6.07, 6.45) is 1.41. The normalized spacial score (nSPS) is 11.4. The Morgan fingerprint density at radius 3 is 2.60 bits per heavy atom. The average molecular weight is 279 g/mol. The summed E-state index contributed by atoms with van der Waals surface area (Å²) in [5, 5.41) is 11.8. The summed E-state index contributed by atoms with van der Waals surface area (Å²) in [4.78, 5) is 29.0. The van der Waals surface area contributed by atoms with E-state index in [4.69, 9.17) is 5.11 Å². The number of rotatable bonds is 6. The Kier molecular flexibility index (Phi) is 5.21. The lowest BCUT2D eigenvalue weighted by atomic mass is 9.93. The lowest BCUT2D eigenvalue weighted by Gasteiger charge is -2.28. The van der Waals surface area contributed by atoms with E-state index < -0.39 is 11.9 Å². The van der Waals surface area contributed by atoms with E-state index in [0.717, 1.165) is 6.54 Å². The quantitative estimate of drug-likeness (QED) is 0.814. The van der Waals surface area contributed by atoms with E-state index in [1.54, 1.807) is 0 Å². The Morgan fingerprint density at radius 2 is 2.05 bits per heavy atom. The van der Waals surface area contributed by atoms with Gasteiger partial charge in [0.1, 0.15) is 5.69 Å². The van der Waals surface area contributed by atoms with Gasteiger partial charge in [-0.1, -0.05) is 13.8 Å². The molecule has 0 radical (unpaired) electrons. The van der Waals surface area contributed by atoms with Gasteiger partial charge in [0.05, 0.1) is 5.56 Å². The molecule has 6 heteroatoms. The molecule has 20 heavy (non-hydrogen) atoms. The molecule has 1 aromatic rings. The second-order valence-electron chi connectivity index (χ2n) is 5.79. The van der Waals surface area contributed by atoms with Crippen LogP contribution in [0.1, 0.15) is 34.7 Å². The van der Waals surface area contributed by atoms with Gasteiger partial charge in [-0.3, -0.25) is 9.78 Å². The number of aromatic carboxylic acids is 1. The van der Waals surface area contributed by atoms with Gasteiger partial charge >= 0.3 is 5.97 Å². The molecule has 0 spiro atoms. The van der Waals surface area contributed by atoms with Crippen LogP contribution in [0.4, 0.5) is 0 Å². The average Bonchev–Trinajstić information content (AvgIpc) is 2.34. The van der Waals surface area contributed by atoms with Crippen molar-refractivity contribution in [3.8, 4) is 0 Å². The number of carboxylic acids is 1. The first-order valence-electron chi connectivity index (χ1n) is 6.34. The molecule has 1 aromatic heterocycles. The zero-order chi connectivity index (χ0) is 15.3. The Labute approximate surface area is 118 Å². The third-order valence-electron chi connectivity index (χ3n) is 2.72. The third kappa shape index (κ3) is 4.62. The van der Waals surface area contributed by atoms with Crippen LogP contribution in [-0.4, -0.2) is 54.1 Å². The van der Waals surface area contributed by atoms with Crippen molar-refractivity contribution in [3.05, 3.63) is 29.6 Å². The minimum absolute atomic E-state index is 0.0550. The maximum Gasteiger partial charge on any atom is 0.338 e. The molecule has 0 aliphatic heterocycles. The highest BCUT2D eigenvalue weighted by Crippen LogP contribution is 2.14. The number of aromatic nitrogens is 1. The summed E-state index contributed by atoms with van der Waals surface area (Å²) in [6.45, 7) is 5.31. The van der Waals surface area contributed by atoms with Crippen molar-refractivity contribution >= 4 is 11.9 Å². The summed E-state index contributed by atoms with van der Waals surface area (Å²) in [5.41, 5.74) is -0.256. The monoisotopic (exact) mass is 279 g/mol. The van der Waals surface area contributed by atoms with Gasteiger partial charge in [-0.2, -0.15) is 0 Å². The van der Waals surface area contributed by atoms with Crippen molar-refractivity contribution < 1.29 is 14.7 Å². The Hall–Kier alpha value is -1.95. The van der Waals surface area contributed by atoms with Gasteiger partial charge in [0, 0.05) is 19.3 Å². The van der Waals surface area contributed by atoms with Crippen molar-refractivity contribution in [1.29, 1.82) is 0 Å². The number of amides is 1. The Morgan fingerprint density at radius 1 is 1.40 bits per heavy atom. The molecular formula is C14H21N3O3. The molecule has 0 aliphatic carbocycles. The van der Waals surface area contributed by atoms with E-state index in [1.807, 2.05) is 32.8 Å². The summed E-state index contributed by atoms with van der Waals surface area (Å²) in [5.74, 6) is -1.62. The number of nitrogens with zero attached hydrogens (tertiary/aromatic N) is 2. The summed E-state index contributed by atoms with van der Waals surface area (Å²) < 4.78 is 0. The fourth-order valence-electron chi connectivity index (χ4n) is 2.07. The number of pyridine rings is 1. The maximum atomic E-state index is 12.1. The maximum absolute atomic E-state index is 12.1. The van der Waals surface area contributed by atoms with Crippen LogP contribution in [0.15, 0.2) is 18.3 Å². The van der Waals surface area contributed by atoms with Gasteiger partial charge < -0.3 is 15.3 Å². The van der Waals surface area contributed by atoms with Gasteiger partial charge in [-0.15, -0.1) is 0 Å². The number of carbonyl (C=O) groups is 2. The first kappa shape index (κ1) is 16.1. The first-order valence-corrected chi connectivity index (χ1v) is 6.34. The highest BCUT2D eigenvalue weighted by Gasteiger charge is 2.22. The molecule has 0 saturated heterocycles. The lowest BCUT2D eigenvalue weighted by molar-refractivity contribution is 0.0689. The first-order chi connectivity index (χ1) is 9.23. The molecule has 2 N–H and O–H groups in total. The molecule has 1 heterocycles. The largest absolute Gasteiger partial charge is 0.478 e. The number of carboxylic acid groups (broad SMARTS) is 1. The minimum Gasteiger partial charge on any atom is -0.478 e. The van der Waals surface area contributed by atoms with Crippen LogP contribution in [0.25, 0.3) is 0 Å². The third-order valence-corrected chi connectivity index (χ3v) is 2.72. The molecule has 110 valence electrons. The molecule has 0 atom stereocenters. The standard InChI is InChI=1S/C14H21N3O3/c1-14(2,9-17(3)4)8-16-12(18)11-10(13(19)20)6-5-7-15-11/h5-7H,8-9H2,1-4H3,(H,16,18)(H,19,20). The van der Waals surface area contributed by atoms with Crippen molar-refractivity contribution in [2.24, 2.45) is 5.41 Å². The van der Waals surface area contributed by atoms with E-state index in [0.29, 0.717) is 6.54 Å². The molecule has 6 nitrogen and oxygen atoms in total. The predicted octanol–water partition coefficient (Wildman–Crippen LogP) is 1.10. The Bertz CT molecular complexity index is 498. The number of carbonyl (C=O) groups excluding carboxylic acids is 1. The number of nitrogens with one attached hydrogen (secondary N) is 1. The Balaban J connectivity index is 2.75. The van der Waals surface area contributed by atoms with Gasteiger partial charge in [0.15, 0.2) is 0 Å². The van der Waals surface area contributed by atoms with Crippen molar-refractivity contribution in [2.45, 2.75) is 13.8 Å². The van der Waals surface area contributed by atoms with Gasteiger partial charge in [0.2, 0.25) is 0 Å². The highest BCUT2D eigenvalue weighted by atomic mass is 16.4. The molecule has 0 unspecified atom stereocenters. The summed E-state index contributed by atoms with van der Waals surface area (Å²) in [7, 11) is 3.93. The van der Waals surface area contributed by atoms with Crippen molar-refractivity contribution in [1.82, 2.24) is 15.2 Å². The summed E-state index contributed by atoms with van der Waals surface area (Å²) >= 11 is 0. The highest BCUT2D eigenvalue weighted by molar-refractivity contribution is 6.03. The SMILES string of the molecule is CN(C)CC(C)(C)CNC(=O)c1ncccc1C(=O)O. The summed E-state index contributed by atoms with van der Waals surface area (Å²) in [6, 6.07) is 2.87. The van der Waals surface area contributed by atoms with Gasteiger partial charge in [-0.05, 0) is 31.6 Å². The molecule has 1 amide bonds. The van der Waals surface area contributed by atoms with Gasteiger partial charge in [-0.25, -0.2) is 4.79 Å². The molecule has 0 saturated carbocycles. The van der Waals surface area contributed by atoms with E-state index in [9.17, 15) is 9.59 Å². The smallest absolute Gasteiger partial charge is 0.338 e.